The molecule has 0 radical (unpaired) electrons. The summed E-state index contributed by atoms with van der Waals surface area (Å²) in [6.07, 6.45) is -18.6. The number of methoxy groups -OCH3 is 1. The van der Waals surface area contributed by atoms with Gasteiger partial charge in [0.2, 0.25) is 11.8 Å². The topological polar surface area (TPSA) is 341 Å². The van der Waals surface area contributed by atoms with Crippen LogP contribution in [-0.4, -0.2) is 230 Å². The lowest BCUT2D eigenvalue weighted by atomic mass is 9.88. The second-order valence-electron chi connectivity index (χ2n) is 14.2. The number of aliphatic hydroxyl groups excluding tert-OH is 8. The molecular weight excluding hydrogens is 798 g/mol. The van der Waals surface area contributed by atoms with Gasteiger partial charge >= 0.3 is 0 Å². The summed E-state index contributed by atoms with van der Waals surface area (Å²) in [6, 6.07) is -2.51. The second-order valence-corrected chi connectivity index (χ2v) is 14.2. The van der Waals surface area contributed by atoms with Gasteiger partial charge in [-0.25, -0.2) is 9.78 Å². The van der Waals surface area contributed by atoms with E-state index in [0.29, 0.717) is 19.8 Å². The van der Waals surface area contributed by atoms with E-state index in [2.05, 4.69) is 16.0 Å². The van der Waals surface area contributed by atoms with Gasteiger partial charge in [0.25, 0.3) is 11.7 Å². The maximum absolute atomic E-state index is 13.8. The molecule has 0 aromatic heterocycles. The van der Waals surface area contributed by atoms with Crippen LogP contribution in [0.2, 0.25) is 0 Å². The highest BCUT2D eigenvalue weighted by molar-refractivity contribution is 5.84. The molecule has 344 valence electrons. The van der Waals surface area contributed by atoms with E-state index in [0.717, 1.165) is 13.3 Å². The Morgan fingerprint density at radius 2 is 1.37 bits per heavy atom. The summed E-state index contributed by atoms with van der Waals surface area (Å²) in [4.78, 5) is 48.2. The minimum absolute atomic E-state index is 0.0122. The molecule has 0 aromatic carbocycles. The van der Waals surface area contributed by atoms with Gasteiger partial charge in [-0.2, -0.15) is 0 Å². The summed E-state index contributed by atoms with van der Waals surface area (Å²) in [5, 5.41) is 92.4. The first-order valence-electron chi connectivity index (χ1n) is 19.4. The molecule has 11 N–H and O–H groups in total. The molecule has 0 saturated carbocycles. The van der Waals surface area contributed by atoms with Crippen LogP contribution in [0.15, 0.2) is 0 Å². The highest BCUT2D eigenvalue weighted by atomic mass is 17.2. The van der Waals surface area contributed by atoms with Crippen molar-refractivity contribution in [2.45, 2.75) is 125 Å². The van der Waals surface area contributed by atoms with Crippen molar-refractivity contribution in [2.24, 2.45) is 0 Å². The normalized spacial score (nSPS) is 34.8. The lowest BCUT2D eigenvalue weighted by Gasteiger charge is -2.48. The Bertz CT molecular complexity index is 1260. The summed E-state index contributed by atoms with van der Waals surface area (Å²) < 4.78 is 44.7. The van der Waals surface area contributed by atoms with Gasteiger partial charge in [-0.15, -0.1) is 0 Å². The van der Waals surface area contributed by atoms with E-state index in [9.17, 15) is 55.2 Å². The Kier molecular flexibility index (Phi) is 22.1. The smallest absolute Gasteiger partial charge is 0.280 e. The third-order valence-electron chi connectivity index (χ3n) is 9.63. The molecule has 0 bridgehead atoms. The van der Waals surface area contributed by atoms with E-state index >= 15 is 0 Å². The van der Waals surface area contributed by atoms with Crippen LogP contribution in [0.4, 0.5) is 0 Å². The number of hydrogen-bond acceptors (Lipinski definition) is 21. The van der Waals surface area contributed by atoms with Crippen LogP contribution in [0.25, 0.3) is 0 Å². The van der Waals surface area contributed by atoms with Crippen molar-refractivity contribution in [3.8, 4) is 0 Å². The SMILES string of the molecule is CCCOCCOCCOCCNC(=O)[C@@]1(OCC2OOC(CO[C@@H]3C(CO)O[C@@H](OC)C(NC(C)=O)C3O)C(O)[C@H]2O)CC(O)[C@@H](NC(C)=O)C([C@H](O)[C@H](O)CO)O1. The van der Waals surface area contributed by atoms with Crippen LogP contribution in [0.5, 0.6) is 0 Å². The molecule has 24 nitrogen and oxygen atoms in total. The first-order chi connectivity index (χ1) is 28.1. The van der Waals surface area contributed by atoms with Crippen molar-refractivity contribution in [1.29, 1.82) is 0 Å². The zero-order chi connectivity index (χ0) is 43.7. The minimum Gasteiger partial charge on any atom is -0.394 e. The molecule has 3 aliphatic rings. The average molecular weight is 862 g/mol. The number of amides is 3. The van der Waals surface area contributed by atoms with Crippen molar-refractivity contribution in [2.75, 3.05) is 79.7 Å². The van der Waals surface area contributed by atoms with Crippen molar-refractivity contribution in [3.63, 3.8) is 0 Å². The lowest BCUT2D eigenvalue weighted by molar-refractivity contribution is -0.428. The molecule has 3 rings (SSSR count). The second kappa shape index (κ2) is 25.6. The Hall–Kier alpha value is -2.31. The van der Waals surface area contributed by atoms with Gasteiger partial charge in [0.15, 0.2) is 6.29 Å². The molecular formula is C35H63N3O21. The highest BCUT2D eigenvalue weighted by Crippen LogP contribution is 2.35. The molecule has 3 amide bonds. The number of nitrogens with one attached hydrogen (secondary N) is 3. The highest BCUT2D eigenvalue weighted by Gasteiger charge is 2.56. The van der Waals surface area contributed by atoms with Gasteiger partial charge < -0.3 is 94.7 Å². The van der Waals surface area contributed by atoms with Gasteiger partial charge in [0.05, 0.1) is 71.6 Å². The summed E-state index contributed by atoms with van der Waals surface area (Å²) in [5.74, 6) is -4.69. The number of rotatable bonds is 25. The van der Waals surface area contributed by atoms with Crippen LogP contribution in [-0.2, 0) is 62.1 Å². The summed E-state index contributed by atoms with van der Waals surface area (Å²) >= 11 is 0. The van der Waals surface area contributed by atoms with Crippen molar-refractivity contribution < 1.29 is 103 Å². The van der Waals surface area contributed by atoms with E-state index in [1.54, 1.807) is 0 Å². The average Bonchev–Trinajstić information content (AvgIpc) is 3.20. The summed E-state index contributed by atoms with van der Waals surface area (Å²) in [6.45, 7) is 3.14. The quantitative estimate of drug-likeness (QED) is 0.0300. The van der Waals surface area contributed by atoms with E-state index in [1.807, 2.05) is 6.92 Å². The summed E-state index contributed by atoms with van der Waals surface area (Å²) in [5.41, 5.74) is 0. The molecule has 0 aromatic rings. The monoisotopic (exact) mass is 861 g/mol. The van der Waals surface area contributed by atoms with Gasteiger partial charge in [-0.1, -0.05) is 6.92 Å². The van der Waals surface area contributed by atoms with Crippen LogP contribution < -0.4 is 16.0 Å². The van der Waals surface area contributed by atoms with Crippen LogP contribution >= 0.6 is 0 Å². The van der Waals surface area contributed by atoms with E-state index in [1.165, 1.54) is 14.0 Å². The molecule has 3 fully saturated rings. The molecule has 0 aliphatic carbocycles. The fourth-order valence-corrected chi connectivity index (χ4v) is 6.58. The zero-order valence-electron chi connectivity index (χ0n) is 33.7. The predicted molar refractivity (Wildman–Crippen MR) is 195 cm³/mol. The lowest BCUT2D eigenvalue weighted by Crippen LogP contribution is -2.69. The molecule has 3 heterocycles. The maximum Gasteiger partial charge on any atom is 0.280 e. The molecule has 0 spiro atoms. The van der Waals surface area contributed by atoms with Crippen LogP contribution in [0.1, 0.15) is 33.6 Å². The maximum atomic E-state index is 13.8. The van der Waals surface area contributed by atoms with Gasteiger partial charge in [0.1, 0.15) is 67.1 Å². The number of ether oxygens (including phenoxy) is 8. The molecule has 59 heavy (non-hydrogen) atoms. The first-order valence-corrected chi connectivity index (χ1v) is 19.4. The standard InChI is InChI=1S/C35H63N3O21/c1-5-7-51-9-11-53-12-10-52-8-6-36-34(49)35(13-20(43)25(37-18(2)41)32(57-35)27(45)21(44)14-39)55-17-24-29(47)28(46)23(58-59-24)16-54-31-22(15-40)56-33(50-4)26(30(31)48)38-19(3)42/h20-33,39-40,43-48H,5-17H2,1-4H3,(H,36,49)(H,37,41)(H,38,42)/t20?,21-,22?,23?,24?,25-,26?,27-,28?,29+,30?,31-,32?,33-,35-/m1/s1. The van der Waals surface area contributed by atoms with E-state index < -0.39 is 142 Å². The van der Waals surface area contributed by atoms with E-state index in [4.69, 9.17) is 47.7 Å². The van der Waals surface area contributed by atoms with E-state index in [-0.39, 0.29) is 26.4 Å². The van der Waals surface area contributed by atoms with Crippen LogP contribution in [0, 0.1) is 0 Å². The molecule has 8 unspecified atom stereocenters. The number of aliphatic hydroxyl groups is 8. The van der Waals surface area contributed by atoms with Crippen LogP contribution in [0.3, 0.4) is 0 Å². The molecule has 3 saturated heterocycles. The van der Waals surface area contributed by atoms with Gasteiger partial charge in [0, 0.05) is 40.5 Å². The van der Waals surface area contributed by atoms with Gasteiger partial charge in [-0.3, -0.25) is 14.4 Å². The van der Waals surface area contributed by atoms with Gasteiger partial charge in [-0.05, 0) is 6.42 Å². The zero-order valence-corrected chi connectivity index (χ0v) is 33.7. The van der Waals surface area contributed by atoms with Crippen molar-refractivity contribution in [3.05, 3.63) is 0 Å². The molecule has 15 atom stereocenters. The largest absolute Gasteiger partial charge is 0.394 e. The molecule has 24 heteroatoms. The number of hydrogen-bond donors (Lipinski definition) is 11. The summed E-state index contributed by atoms with van der Waals surface area (Å²) in [7, 11) is 1.27. The Morgan fingerprint density at radius 3 is 1.93 bits per heavy atom. The fourth-order valence-electron chi connectivity index (χ4n) is 6.58. The van der Waals surface area contributed by atoms with Crippen molar-refractivity contribution in [1.82, 2.24) is 16.0 Å². The first kappa shape index (κ1) is 51.0. The predicted octanol–water partition coefficient (Wildman–Crippen LogP) is -6.32. The Morgan fingerprint density at radius 1 is 0.797 bits per heavy atom. The fraction of sp³-hybridized carbons (Fsp3) is 0.914. The Balaban J connectivity index is 1.70. The third-order valence-corrected chi connectivity index (χ3v) is 9.63. The Labute approximate surface area is 341 Å². The molecule has 3 aliphatic heterocycles. The number of carbonyl (C=O) groups is 3. The third kappa shape index (κ3) is 14.6. The van der Waals surface area contributed by atoms with Crippen molar-refractivity contribution >= 4 is 17.7 Å². The number of carbonyl (C=O) groups excluding carboxylic acids is 3. The minimum atomic E-state index is -2.51.